The zero-order valence-electron chi connectivity index (χ0n) is 31.1. The number of benzene rings is 2. The molecule has 3 amide bonds. The number of fused-ring (bicyclic) bond motifs is 1. The molecule has 8 nitrogen and oxygen atoms in total. The molecule has 1 atom stereocenters. The van der Waals surface area contributed by atoms with Crippen LogP contribution in [0.5, 0.6) is 0 Å². The van der Waals surface area contributed by atoms with E-state index in [-0.39, 0.29) is 40.1 Å². The minimum atomic E-state index is -3.54. The maximum atomic E-state index is 13.3. The number of anilines is 1. The number of hydrogen-bond donors (Lipinski definition) is 2. The molecule has 8 heteroatoms. The van der Waals surface area contributed by atoms with E-state index in [2.05, 4.69) is 15.4 Å². The van der Waals surface area contributed by atoms with Gasteiger partial charge in [-0.2, -0.15) is 0 Å². The van der Waals surface area contributed by atoms with Crippen LogP contribution in [-0.4, -0.2) is 59.7 Å². The number of amides is 3. The predicted molar refractivity (Wildman–Crippen MR) is 122 cm³/mol. The third-order valence-corrected chi connectivity index (χ3v) is 5.15. The van der Waals surface area contributed by atoms with Crippen molar-refractivity contribution in [3.05, 3.63) is 64.7 Å². The molecule has 2 aromatic rings. The molecule has 5 rings (SSSR count). The number of rotatable bonds is 6. The summed E-state index contributed by atoms with van der Waals surface area (Å²) in [5.41, 5.74) is -1.22. The summed E-state index contributed by atoms with van der Waals surface area (Å²) in [6.07, 6.45) is -0.231. The zero-order valence-corrected chi connectivity index (χ0v) is 17.1. The largest absolute Gasteiger partial charge is 0.381 e. The summed E-state index contributed by atoms with van der Waals surface area (Å²) >= 11 is 0. The van der Waals surface area contributed by atoms with Crippen LogP contribution in [0.3, 0.4) is 0 Å². The highest BCUT2D eigenvalue weighted by molar-refractivity contribution is 6.06. The number of hydrogen-bond acceptors (Lipinski definition) is 6. The van der Waals surface area contributed by atoms with Crippen LogP contribution in [0.15, 0.2) is 42.5 Å². The van der Waals surface area contributed by atoms with E-state index in [0.717, 1.165) is 24.3 Å². The predicted octanol–water partition coefficient (Wildman–Crippen LogP) is 1.89. The van der Waals surface area contributed by atoms with E-state index in [4.69, 9.17) is 19.2 Å². The van der Waals surface area contributed by atoms with Gasteiger partial charge >= 0.3 is 0 Å². The average molecular weight is 463 g/mol. The summed E-state index contributed by atoms with van der Waals surface area (Å²) in [7, 11) is 0. The molecule has 0 spiro atoms. The first-order valence-corrected chi connectivity index (χ1v) is 10.0. The molecule has 2 fully saturated rings. The Bertz CT molecular complexity index is 1620. The molecule has 0 radical (unpaired) electrons. The lowest BCUT2D eigenvalue weighted by atomic mass is 10.0. The van der Waals surface area contributed by atoms with Gasteiger partial charge in [-0.05, 0) is 29.7 Å². The second-order valence-corrected chi connectivity index (χ2v) is 7.29. The molecule has 2 saturated heterocycles. The normalized spacial score (nSPS) is 35.9. The van der Waals surface area contributed by atoms with Crippen molar-refractivity contribution in [2.24, 2.45) is 0 Å². The SMILES string of the molecule is [2H]C([2H])(Nc1cccc2c1C([2H])([2H])N([C@H]1CCC(=O)NC1=O)C2=O)c1ccc(C([2H])([2H])N2C([2H])([2H])C([2H])([2H])OC([2H])([2H])C2([2H])[2H])cc1. The first kappa shape index (κ1) is 10.8. The third-order valence-electron chi connectivity index (χ3n) is 5.15. The van der Waals surface area contributed by atoms with E-state index in [9.17, 15) is 14.4 Å². The van der Waals surface area contributed by atoms with Gasteiger partial charge in [-0.25, -0.2) is 0 Å². The summed E-state index contributed by atoms with van der Waals surface area (Å²) in [6, 6.07) is 6.78. The molecule has 33 heavy (non-hydrogen) atoms. The van der Waals surface area contributed by atoms with Crippen LogP contribution in [0.25, 0.3) is 0 Å². The van der Waals surface area contributed by atoms with Crippen molar-refractivity contribution in [3.63, 3.8) is 0 Å². The van der Waals surface area contributed by atoms with Crippen LogP contribution in [0.2, 0.25) is 0 Å². The smallest absolute Gasteiger partial charge is 0.255 e. The second kappa shape index (κ2) is 9.33. The second-order valence-electron chi connectivity index (χ2n) is 7.29. The van der Waals surface area contributed by atoms with E-state index >= 15 is 0 Å². The van der Waals surface area contributed by atoms with Crippen molar-refractivity contribution in [1.82, 2.24) is 15.1 Å². The van der Waals surface area contributed by atoms with E-state index in [1.807, 2.05) is 0 Å². The molecule has 0 aromatic heterocycles. The third kappa shape index (κ3) is 4.62. The molecule has 0 bridgehead atoms. The minimum Gasteiger partial charge on any atom is -0.381 e. The summed E-state index contributed by atoms with van der Waals surface area (Å²) in [5.74, 6) is -2.25. The highest BCUT2D eigenvalue weighted by atomic mass is 16.5. The van der Waals surface area contributed by atoms with Gasteiger partial charge in [0.25, 0.3) is 5.91 Å². The summed E-state index contributed by atoms with van der Waals surface area (Å²) in [5, 5.41) is 4.63. The fourth-order valence-electron chi connectivity index (χ4n) is 3.55. The molecular formula is C25H28N4O4. The molecular weight excluding hydrogens is 420 g/mol. The standard InChI is InChI=1S/C25H28N4O4/c30-23-9-8-22(24(31)27-23)29-16-20-19(25(29)32)2-1-3-21(20)26-14-17-4-6-18(7-5-17)15-28-10-12-33-13-11-28/h1-7,22,26H,8-16H2,(H,27,30,31)/t22-/m0/s1/i10D2,11D2,12D2,13D2,14D2,15D2,16D2. The number of nitrogens with one attached hydrogen (secondary N) is 2. The van der Waals surface area contributed by atoms with Crippen molar-refractivity contribution in [2.75, 3.05) is 31.4 Å². The number of ether oxygens (including phenoxy) is 1. The monoisotopic (exact) mass is 462 g/mol. The van der Waals surface area contributed by atoms with Crippen molar-refractivity contribution >= 4 is 23.4 Å². The Morgan fingerprint density at radius 1 is 1.09 bits per heavy atom. The zero-order chi connectivity index (χ0) is 35.3. The fraction of sp³-hybridized carbons (Fsp3) is 0.400. The molecule has 172 valence electrons. The van der Waals surface area contributed by atoms with Crippen LogP contribution < -0.4 is 10.6 Å². The average Bonchev–Trinajstić information content (AvgIpc) is 3.12. The summed E-state index contributed by atoms with van der Waals surface area (Å²) in [4.78, 5) is 37.9. The number of piperidine rings is 1. The molecule has 3 aliphatic rings. The lowest BCUT2D eigenvalue weighted by Crippen LogP contribution is -2.52. The van der Waals surface area contributed by atoms with Crippen molar-refractivity contribution in [3.8, 4) is 0 Å². The van der Waals surface area contributed by atoms with Gasteiger partial charge in [0.15, 0.2) is 0 Å². The van der Waals surface area contributed by atoms with Gasteiger partial charge in [0.2, 0.25) is 11.8 Å². The highest BCUT2D eigenvalue weighted by Crippen LogP contribution is 2.32. The quantitative estimate of drug-likeness (QED) is 0.637. The Labute approximate surface area is 212 Å². The van der Waals surface area contributed by atoms with Crippen molar-refractivity contribution < 1.29 is 38.3 Å². The highest BCUT2D eigenvalue weighted by Gasteiger charge is 2.39. The van der Waals surface area contributed by atoms with Crippen LogP contribution in [-0.2, 0) is 33.8 Å². The number of carbonyl (C=O) groups excluding carboxylic acids is 3. The van der Waals surface area contributed by atoms with Crippen LogP contribution in [0.4, 0.5) is 5.69 Å². The Hall–Kier alpha value is -3.23. The molecule has 0 aliphatic carbocycles. The lowest BCUT2D eigenvalue weighted by Gasteiger charge is -2.29. The van der Waals surface area contributed by atoms with Crippen LogP contribution >= 0.6 is 0 Å². The van der Waals surface area contributed by atoms with Crippen LogP contribution in [0.1, 0.15) is 59.1 Å². The van der Waals surface area contributed by atoms with Crippen molar-refractivity contribution in [2.45, 2.75) is 38.4 Å². The fourth-order valence-corrected chi connectivity index (χ4v) is 3.55. The molecule has 0 saturated carbocycles. The van der Waals surface area contributed by atoms with E-state index < -0.39 is 74.9 Å². The van der Waals surface area contributed by atoms with E-state index in [0.29, 0.717) is 4.90 Å². The maximum absolute atomic E-state index is 13.3. The molecule has 0 unspecified atom stereocenters. The first-order valence-electron chi connectivity index (χ1n) is 17.0. The Balaban J connectivity index is 1.46. The number of carbonyl (C=O) groups is 3. The van der Waals surface area contributed by atoms with E-state index in [1.165, 1.54) is 18.2 Å². The van der Waals surface area contributed by atoms with E-state index in [1.54, 1.807) is 0 Å². The number of morpholine rings is 1. The Kier molecular flexibility index (Phi) is 3.05. The van der Waals surface area contributed by atoms with Gasteiger partial charge in [0.1, 0.15) is 6.04 Å². The molecule has 3 heterocycles. The first-order chi connectivity index (χ1) is 21.3. The Morgan fingerprint density at radius 3 is 2.61 bits per heavy atom. The summed E-state index contributed by atoms with van der Waals surface area (Å²) in [6.45, 7) is -22.4. The van der Waals surface area contributed by atoms with Crippen molar-refractivity contribution in [1.29, 1.82) is 0 Å². The number of imide groups is 1. The van der Waals surface area contributed by atoms with Gasteiger partial charge in [0.05, 0.1) is 24.1 Å². The van der Waals surface area contributed by atoms with Crippen LogP contribution in [0, 0.1) is 0 Å². The minimum absolute atomic E-state index is 0.115. The lowest BCUT2D eigenvalue weighted by molar-refractivity contribution is -0.136. The molecule has 3 aliphatic heterocycles. The Morgan fingerprint density at radius 2 is 1.85 bits per heavy atom. The number of nitrogens with zero attached hydrogens (tertiary/aromatic N) is 2. The van der Waals surface area contributed by atoms with Gasteiger partial charge in [-0.15, -0.1) is 0 Å². The summed E-state index contributed by atoms with van der Waals surface area (Å²) < 4.78 is 121. The van der Waals surface area contributed by atoms with Gasteiger partial charge in [-0.1, -0.05) is 30.3 Å². The van der Waals surface area contributed by atoms with Gasteiger partial charge < -0.3 is 15.0 Å². The molecule has 2 N–H and O–H groups in total. The van der Waals surface area contributed by atoms with Gasteiger partial charge in [-0.3, -0.25) is 24.6 Å². The topological polar surface area (TPSA) is 91.0 Å². The maximum Gasteiger partial charge on any atom is 0.255 e. The molecule has 2 aromatic carbocycles. The van der Waals surface area contributed by atoms with Gasteiger partial charge in [0, 0.05) is 63.9 Å².